The minimum absolute atomic E-state index is 0.0916. The normalized spacial score (nSPS) is 21.8. The summed E-state index contributed by atoms with van der Waals surface area (Å²) >= 11 is 4.86. The average molecular weight is 317 g/mol. The van der Waals surface area contributed by atoms with Crippen molar-refractivity contribution in [2.75, 3.05) is 6.54 Å². The van der Waals surface area contributed by atoms with E-state index in [1.807, 2.05) is 29.2 Å². The molecule has 6 heteroatoms. The van der Waals surface area contributed by atoms with Crippen molar-refractivity contribution in [1.29, 1.82) is 0 Å². The molecule has 5 nitrogen and oxygen atoms in total. The van der Waals surface area contributed by atoms with Crippen molar-refractivity contribution in [3.8, 4) is 11.5 Å². The third kappa shape index (κ3) is 2.97. The smallest absolute Gasteiger partial charge is 0.284 e. The molecule has 0 bridgehead atoms. The number of carbonyl (C=O) groups is 1. The van der Waals surface area contributed by atoms with E-state index in [9.17, 15) is 4.79 Å². The number of rotatable bonds is 2. The van der Waals surface area contributed by atoms with Crippen LogP contribution in [0.1, 0.15) is 37.0 Å². The van der Waals surface area contributed by atoms with Gasteiger partial charge in [0.05, 0.1) is 0 Å². The molecule has 3 rings (SSSR count). The molecule has 116 valence electrons. The first-order chi connectivity index (χ1) is 10.5. The Hall–Kier alpha value is -1.95. The third-order valence-electron chi connectivity index (χ3n) is 4.22. The number of aromatic amines is 1. The van der Waals surface area contributed by atoms with Crippen LogP contribution in [-0.2, 0) is 0 Å². The summed E-state index contributed by atoms with van der Waals surface area (Å²) in [5, 5.41) is 6.57. The number of H-pyrrole nitrogens is 1. The second-order valence-electron chi connectivity index (χ2n) is 5.97. The lowest BCUT2D eigenvalue weighted by Crippen LogP contribution is -2.44. The van der Waals surface area contributed by atoms with Crippen LogP contribution in [0.4, 0.5) is 0 Å². The Bertz CT molecular complexity index is 719. The highest BCUT2D eigenvalue weighted by Crippen LogP contribution is 2.24. The second kappa shape index (κ2) is 6.04. The summed E-state index contributed by atoms with van der Waals surface area (Å²) < 4.78 is 5.27. The average Bonchev–Trinajstić information content (AvgIpc) is 2.93. The van der Waals surface area contributed by atoms with Crippen molar-refractivity contribution < 1.29 is 9.21 Å². The molecule has 1 aliphatic heterocycles. The van der Waals surface area contributed by atoms with E-state index in [-0.39, 0.29) is 10.7 Å². The molecule has 1 saturated heterocycles. The number of nitrogens with one attached hydrogen (secondary N) is 1. The van der Waals surface area contributed by atoms with Crippen molar-refractivity contribution in [2.24, 2.45) is 5.92 Å². The van der Waals surface area contributed by atoms with Crippen molar-refractivity contribution in [3.63, 3.8) is 0 Å². The number of piperidine rings is 1. The Balaban J connectivity index is 1.78. The Kier molecular flexibility index (Phi) is 4.11. The zero-order chi connectivity index (χ0) is 15.7. The lowest BCUT2D eigenvalue weighted by atomic mass is 9.93. The van der Waals surface area contributed by atoms with Crippen LogP contribution in [0, 0.1) is 10.8 Å². The maximum atomic E-state index is 12.6. The van der Waals surface area contributed by atoms with Gasteiger partial charge in [-0.25, -0.2) is 5.10 Å². The monoisotopic (exact) mass is 317 g/mol. The number of hydrogen-bond donors (Lipinski definition) is 1. The molecule has 0 spiro atoms. The molecule has 2 atom stereocenters. The van der Waals surface area contributed by atoms with Crippen LogP contribution in [0.5, 0.6) is 0 Å². The highest BCUT2D eigenvalue weighted by atomic mass is 32.1. The summed E-state index contributed by atoms with van der Waals surface area (Å²) in [5.74, 6) is 1.22. The number of carbonyl (C=O) groups excluding carboxylic acids is 1. The van der Waals surface area contributed by atoms with E-state index < -0.39 is 0 Å². The Labute approximate surface area is 134 Å². The van der Waals surface area contributed by atoms with Crippen LogP contribution in [0.15, 0.2) is 28.7 Å². The molecule has 22 heavy (non-hydrogen) atoms. The fraction of sp³-hybridized carbons (Fsp3) is 0.438. The van der Waals surface area contributed by atoms with E-state index in [1.54, 1.807) is 0 Å². The van der Waals surface area contributed by atoms with E-state index in [0.29, 0.717) is 23.4 Å². The molecule has 0 unspecified atom stereocenters. The number of amides is 1. The molecule has 1 amide bonds. The summed E-state index contributed by atoms with van der Waals surface area (Å²) in [5.41, 5.74) is 1.49. The quantitative estimate of drug-likeness (QED) is 0.859. The molecule has 2 heterocycles. The highest BCUT2D eigenvalue weighted by molar-refractivity contribution is 7.71. The second-order valence-corrected chi connectivity index (χ2v) is 6.34. The maximum absolute atomic E-state index is 12.6. The van der Waals surface area contributed by atoms with Gasteiger partial charge in [0.15, 0.2) is 0 Å². The van der Waals surface area contributed by atoms with Gasteiger partial charge in [-0.2, -0.15) is 0 Å². The van der Waals surface area contributed by atoms with Gasteiger partial charge < -0.3 is 9.32 Å². The van der Waals surface area contributed by atoms with Gasteiger partial charge in [-0.1, -0.05) is 6.92 Å². The summed E-state index contributed by atoms with van der Waals surface area (Å²) in [7, 11) is 0. The molecule has 0 aliphatic carbocycles. The van der Waals surface area contributed by atoms with Crippen molar-refractivity contribution in [3.05, 3.63) is 34.7 Å². The predicted molar refractivity (Wildman–Crippen MR) is 86.0 cm³/mol. The lowest BCUT2D eigenvalue weighted by Gasteiger charge is -2.36. The van der Waals surface area contributed by atoms with Crippen molar-refractivity contribution >= 4 is 18.1 Å². The fourth-order valence-corrected chi connectivity index (χ4v) is 3.11. The number of likely N-dealkylation sites (tertiary alicyclic amines) is 1. The summed E-state index contributed by atoms with van der Waals surface area (Å²) in [6.07, 6.45) is 2.14. The first kappa shape index (κ1) is 15.0. The third-order valence-corrected chi connectivity index (χ3v) is 4.39. The van der Waals surface area contributed by atoms with Crippen LogP contribution >= 0.6 is 12.2 Å². The summed E-state index contributed by atoms with van der Waals surface area (Å²) in [6.45, 7) is 5.19. The SMILES string of the molecule is C[C@@H]1CCN(C(=O)c2ccc(-c3n[nH]c(=S)o3)cc2)[C@H](C)C1. The molecule has 0 radical (unpaired) electrons. The van der Waals surface area contributed by atoms with Gasteiger partial charge in [0.1, 0.15) is 0 Å². The Morgan fingerprint density at radius 1 is 1.36 bits per heavy atom. The molecule has 1 aromatic carbocycles. The number of nitrogens with zero attached hydrogens (tertiary/aromatic N) is 2. The predicted octanol–water partition coefficient (Wildman–Crippen LogP) is 3.66. The number of benzene rings is 1. The van der Waals surface area contributed by atoms with E-state index in [2.05, 4.69) is 24.0 Å². The largest absolute Gasteiger partial charge is 0.409 e. The molecule has 1 N–H and O–H groups in total. The molecular formula is C16H19N3O2S. The van der Waals surface area contributed by atoms with Gasteiger partial charge in [-0.05, 0) is 62.2 Å². The standard InChI is InChI=1S/C16H19N3O2S/c1-10-7-8-19(11(2)9-10)15(20)13-5-3-12(4-6-13)14-17-18-16(22)21-14/h3-6,10-11H,7-9H2,1-2H3,(H,18,22)/t10-,11-/m1/s1. The van der Waals surface area contributed by atoms with Crippen LogP contribution < -0.4 is 0 Å². The minimum Gasteiger partial charge on any atom is -0.409 e. The molecule has 1 aromatic heterocycles. The van der Waals surface area contributed by atoms with Gasteiger partial charge in [-0.3, -0.25) is 4.79 Å². The van der Waals surface area contributed by atoms with Crippen LogP contribution in [0.2, 0.25) is 0 Å². The van der Waals surface area contributed by atoms with Crippen molar-refractivity contribution in [1.82, 2.24) is 15.1 Å². The topological polar surface area (TPSA) is 62.1 Å². The minimum atomic E-state index is 0.0916. The summed E-state index contributed by atoms with van der Waals surface area (Å²) in [4.78, 5) is 14.8. The Morgan fingerprint density at radius 2 is 2.09 bits per heavy atom. The molecule has 2 aromatic rings. The first-order valence-corrected chi connectivity index (χ1v) is 7.92. The number of hydrogen-bond acceptors (Lipinski definition) is 4. The van der Waals surface area contributed by atoms with Crippen LogP contribution in [0.3, 0.4) is 0 Å². The van der Waals surface area contributed by atoms with Gasteiger partial charge in [0.25, 0.3) is 10.7 Å². The molecule has 0 saturated carbocycles. The van der Waals surface area contributed by atoms with Crippen molar-refractivity contribution in [2.45, 2.75) is 32.7 Å². The fourth-order valence-electron chi connectivity index (χ4n) is 2.98. The molecule has 1 fully saturated rings. The van der Waals surface area contributed by atoms with Gasteiger partial charge in [-0.15, -0.1) is 5.10 Å². The maximum Gasteiger partial charge on any atom is 0.284 e. The molecular weight excluding hydrogens is 298 g/mol. The van der Waals surface area contributed by atoms with Gasteiger partial charge >= 0.3 is 0 Å². The zero-order valence-electron chi connectivity index (χ0n) is 12.7. The molecule has 1 aliphatic rings. The zero-order valence-corrected chi connectivity index (χ0v) is 13.5. The van der Waals surface area contributed by atoms with E-state index >= 15 is 0 Å². The van der Waals surface area contributed by atoms with E-state index in [0.717, 1.165) is 24.9 Å². The van der Waals surface area contributed by atoms with Crippen LogP contribution in [0.25, 0.3) is 11.5 Å². The van der Waals surface area contributed by atoms with Gasteiger partial charge in [0.2, 0.25) is 5.89 Å². The van der Waals surface area contributed by atoms with E-state index in [4.69, 9.17) is 16.6 Å². The highest BCUT2D eigenvalue weighted by Gasteiger charge is 2.27. The summed E-state index contributed by atoms with van der Waals surface area (Å²) in [6, 6.07) is 7.59. The lowest BCUT2D eigenvalue weighted by molar-refractivity contribution is 0.0588. The van der Waals surface area contributed by atoms with Crippen LogP contribution in [-0.4, -0.2) is 33.6 Å². The first-order valence-electron chi connectivity index (χ1n) is 7.51. The Morgan fingerprint density at radius 3 is 2.68 bits per heavy atom. The number of aromatic nitrogens is 2. The van der Waals surface area contributed by atoms with E-state index in [1.165, 1.54) is 0 Å². The van der Waals surface area contributed by atoms with Gasteiger partial charge in [0, 0.05) is 23.7 Å².